The molecule has 0 aliphatic rings. The maximum atomic E-state index is 11.8. The summed E-state index contributed by atoms with van der Waals surface area (Å²) >= 11 is 2.73. The largest absolute Gasteiger partial charge is 0.384 e. The molecular formula is C11H8N2O2S2. The summed E-state index contributed by atoms with van der Waals surface area (Å²) in [6.07, 6.45) is 1.63. The molecule has 0 saturated heterocycles. The Morgan fingerprint density at radius 1 is 1.53 bits per heavy atom. The van der Waals surface area contributed by atoms with Crippen molar-refractivity contribution in [1.82, 2.24) is 4.98 Å². The normalized spacial score (nSPS) is 9.47. The summed E-state index contributed by atoms with van der Waals surface area (Å²) in [6.45, 7) is -0.182. The molecule has 0 bridgehead atoms. The number of anilines is 1. The minimum absolute atomic E-state index is 0.182. The number of hydrogen-bond donors (Lipinski definition) is 2. The molecule has 4 nitrogen and oxygen atoms in total. The van der Waals surface area contributed by atoms with Gasteiger partial charge in [-0.1, -0.05) is 11.8 Å². The predicted molar refractivity (Wildman–Crippen MR) is 68.4 cm³/mol. The Kier molecular flexibility index (Phi) is 3.88. The van der Waals surface area contributed by atoms with Gasteiger partial charge in [-0.2, -0.15) is 0 Å². The Balaban J connectivity index is 2.07. The Bertz CT molecular complexity index is 564. The van der Waals surface area contributed by atoms with E-state index < -0.39 is 0 Å². The van der Waals surface area contributed by atoms with Crippen LogP contribution in [0.1, 0.15) is 15.2 Å². The zero-order valence-corrected chi connectivity index (χ0v) is 10.3. The van der Waals surface area contributed by atoms with Crippen LogP contribution in [-0.4, -0.2) is 22.6 Å². The van der Waals surface area contributed by atoms with Gasteiger partial charge in [0.15, 0.2) is 5.13 Å². The summed E-state index contributed by atoms with van der Waals surface area (Å²) in [5.74, 6) is 5.09. The van der Waals surface area contributed by atoms with E-state index in [0.29, 0.717) is 10.7 Å². The first-order chi connectivity index (χ1) is 8.29. The van der Waals surface area contributed by atoms with Crippen molar-refractivity contribution in [2.75, 3.05) is 11.9 Å². The van der Waals surface area contributed by atoms with Crippen LogP contribution < -0.4 is 5.32 Å². The second-order valence-corrected chi connectivity index (χ2v) is 4.76. The Morgan fingerprint density at radius 3 is 3.12 bits per heavy atom. The molecule has 0 fully saturated rings. The number of carbonyl (C=O) groups is 1. The molecule has 0 spiro atoms. The fourth-order valence-corrected chi connectivity index (χ4v) is 2.38. The van der Waals surface area contributed by atoms with Crippen LogP contribution in [0.4, 0.5) is 5.13 Å². The van der Waals surface area contributed by atoms with Crippen LogP contribution in [0.2, 0.25) is 0 Å². The van der Waals surface area contributed by atoms with Crippen molar-refractivity contribution >= 4 is 33.7 Å². The second-order valence-electron chi connectivity index (χ2n) is 2.95. The third kappa shape index (κ3) is 3.14. The molecule has 0 unspecified atom stereocenters. The molecule has 0 aromatic carbocycles. The van der Waals surface area contributed by atoms with Gasteiger partial charge in [0.25, 0.3) is 5.91 Å². The first-order valence-corrected chi connectivity index (χ1v) is 6.44. The van der Waals surface area contributed by atoms with E-state index >= 15 is 0 Å². The van der Waals surface area contributed by atoms with Gasteiger partial charge in [0.2, 0.25) is 0 Å². The first kappa shape index (κ1) is 11.8. The van der Waals surface area contributed by atoms with Crippen LogP contribution >= 0.6 is 22.7 Å². The highest BCUT2D eigenvalue weighted by Crippen LogP contribution is 2.16. The lowest BCUT2D eigenvalue weighted by Crippen LogP contribution is -2.10. The van der Waals surface area contributed by atoms with Gasteiger partial charge in [-0.05, 0) is 6.07 Å². The summed E-state index contributed by atoms with van der Waals surface area (Å²) in [6, 6.07) is 1.69. The van der Waals surface area contributed by atoms with Crippen molar-refractivity contribution in [1.29, 1.82) is 0 Å². The van der Waals surface area contributed by atoms with E-state index in [2.05, 4.69) is 22.1 Å². The maximum absolute atomic E-state index is 11.8. The number of amides is 1. The quantitative estimate of drug-likeness (QED) is 0.813. The van der Waals surface area contributed by atoms with Gasteiger partial charge in [0.05, 0.1) is 10.4 Å². The van der Waals surface area contributed by atoms with E-state index in [4.69, 9.17) is 5.11 Å². The van der Waals surface area contributed by atoms with E-state index in [1.807, 2.05) is 0 Å². The maximum Gasteiger partial charge on any atom is 0.258 e. The van der Waals surface area contributed by atoms with Crippen LogP contribution in [-0.2, 0) is 0 Å². The van der Waals surface area contributed by atoms with Crippen LogP contribution in [0.5, 0.6) is 0 Å². The van der Waals surface area contributed by atoms with Crippen molar-refractivity contribution < 1.29 is 9.90 Å². The molecule has 0 aliphatic heterocycles. The van der Waals surface area contributed by atoms with Crippen molar-refractivity contribution in [3.8, 4) is 11.8 Å². The molecule has 0 aliphatic carbocycles. The number of rotatable bonds is 2. The molecule has 0 saturated carbocycles. The molecule has 1 amide bonds. The molecule has 0 atom stereocenters. The predicted octanol–water partition coefficient (Wildman–Crippen LogP) is 1.80. The molecule has 17 heavy (non-hydrogen) atoms. The number of hydrogen-bond acceptors (Lipinski definition) is 5. The number of aliphatic hydroxyl groups excluding tert-OH is 1. The summed E-state index contributed by atoms with van der Waals surface area (Å²) in [4.78, 5) is 16.5. The molecule has 2 heterocycles. The minimum atomic E-state index is -0.201. The molecular weight excluding hydrogens is 256 g/mol. The monoisotopic (exact) mass is 264 g/mol. The lowest BCUT2D eigenvalue weighted by Gasteiger charge is -1.97. The van der Waals surface area contributed by atoms with Gasteiger partial charge in [-0.25, -0.2) is 4.98 Å². The van der Waals surface area contributed by atoms with Gasteiger partial charge in [0, 0.05) is 17.0 Å². The lowest BCUT2D eigenvalue weighted by atomic mass is 10.3. The van der Waals surface area contributed by atoms with Crippen LogP contribution in [0, 0.1) is 11.8 Å². The lowest BCUT2D eigenvalue weighted by molar-refractivity contribution is 0.102. The molecule has 6 heteroatoms. The van der Waals surface area contributed by atoms with Crippen LogP contribution in [0.25, 0.3) is 0 Å². The third-order valence-corrected chi connectivity index (χ3v) is 3.34. The smallest absolute Gasteiger partial charge is 0.258 e. The number of nitrogens with one attached hydrogen (secondary N) is 1. The minimum Gasteiger partial charge on any atom is -0.384 e. The summed E-state index contributed by atoms with van der Waals surface area (Å²) in [5, 5.41) is 15.3. The van der Waals surface area contributed by atoms with Gasteiger partial charge < -0.3 is 5.11 Å². The van der Waals surface area contributed by atoms with Gasteiger partial charge in [-0.15, -0.1) is 22.7 Å². The van der Waals surface area contributed by atoms with Crippen molar-refractivity contribution in [3.63, 3.8) is 0 Å². The van der Waals surface area contributed by atoms with E-state index in [0.717, 1.165) is 4.88 Å². The number of aliphatic hydroxyl groups is 1. The molecule has 2 rings (SSSR count). The number of thiazole rings is 1. The van der Waals surface area contributed by atoms with E-state index in [1.165, 1.54) is 22.7 Å². The number of aromatic nitrogens is 1. The Labute approximate surface area is 106 Å². The summed E-state index contributed by atoms with van der Waals surface area (Å²) in [7, 11) is 0. The highest BCUT2D eigenvalue weighted by atomic mass is 32.1. The Hall–Kier alpha value is -1.68. The molecule has 86 valence electrons. The standard InChI is InChI=1S/C11H8N2O2S2/c14-4-1-2-9-6-8(7-17-9)10(15)13-11-12-3-5-16-11/h3,5-7,14H,4H2,(H,12,13,15). The van der Waals surface area contributed by atoms with E-state index in [1.54, 1.807) is 23.0 Å². The third-order valence-electron chi connectivity index (χ3n) is 1.81. The van der Waals surface area contributed by atoms with Crippen molar-refractivity contribution in [2.45, 2.75) is 0 Å². The van der Waals surface area contributed by atoms with Crippen LogP contribution in [0.15, 0.2) is 23.0 Å². The number of thiophene rings is 1. The highest BCUT2D eigenvalue weighted by molar-refractivity contribution is 7.13. The topological polar surface area (TPSA) is 62.2 Å². The summed E-state index contributed by atoms with van der Waals surface area (Å²) in [5.41, 5.74) is 0.549. The van der Waals surface area contributed by atoms with Gasteiger partial charge >= 0.3 is 0 Å². The number of nitrogens with zero attached hydrogens (tertiary/aromatic N) is 1. The average Bonchev–Trinajstić information content (AvgIpc) is 2.96. The summed E-state index contributed by atoms with van der Waals surface area (Å²) < 4.78 is 0. The van der Waals surface area contributed by atoms with Crippen LogP contribution in [0.3, 0.4) is 0 Å². The molecule has 2 N–H and O–H groups in total. The van der Waals surface area contributed by atoms with Gasteiger partial charge in [0.1, 0.15) is 6.61 Å². The second kappa shape index (κ2) is 5.59. The highest BCUT2D eigenvalue weighted by Gasteiger charge is 2.09. The van der Waals surface area contributed by atoms with Crippen molar-refractivity contribution in [3.05, 3.63) is 33.5 Å². The first-order valence-electron chi connectivity index (χ1n) is 4.68. The average molecular weight is 264 g/mol. The van der Waals surface area contributed by atoms with Gasteiger partial charge in [-0.3, -0.25) is 10.1 Å². The zero-order valence-electron chi connectivity index (χ0n) is 8.64. The van der Waals surface area contributed by atoms with E-state index in [-0.39, 0.29) is 12.5 Å². The van der Waals surface area contributed by atoms with E-state index in [9.17, 15) is 4.79 Å². The SMILES string of the molecule is O=C(Nc1nccs1)c1csc(C#CCO)c1. The fourth-order valence-electron chi connectivity index (χ4n) is 1.10. The number of carbonyl (C=O) groups excluding carboxylic acids is 1. The molecule has 2 aromatic rings. The van der Waals surface area contributed by atoms with Crippen molar-refractivity contribution in [2.24, 2.45) is 0 Å². The molecule has 2 aromatic heterocycles. The zero-order chi connectivity index (χ0) is 12.1. The Morgan fingerprint density at radius 2 is 2.41 bits per heavy atom. The molecule has 0 radical (unpaired) electrons. The fraction of sp³-hybridized carbons (Fsp3) is 0.0909.